The van der Waals surface area contributed by atoms with Gasteiger partial charge in [-0.3, -0.25) is 4.79 Å². The number of nitrogens with zero attached hydrogens (tertiary/aromatic N) is 4. The van der Waals surface area contributed by atoms with Crippen molar-refractivity contribution in [1.29, 1.82) is 0 Å². The lowest BCUT2D eigenvalue weighted by Crippen LogP contribution is -2.26. The third kappa shape index (κ3) is 2.26. The Hall–Kier alpha value is -1.95. The first-order valence-corrected chi connectivity index (χ1v) is 5.24. The zero-order chi connectivity index (χ0) is 12.4. The van der Waals surface area contributed by atoms with Crippen molar-refractivity contribution in [1.82, 2.24) is 24.9 Å². The highest BCUT2D eigenvalue weighted by Gasteiger charge is 2.13. The van der Waals surface area contributed by atoms with Crippen LogP contribution in [-0.2, 0) is 0 Å². The van der Waals surface area contributed by atoms with Crippen molar-refractivity contribution in [2.24, 2.45) is 0 Å². The molecule has 2 heterocycles. The zero-order valence-electron chi connectivity index (χ0n) is 9.14. The van der Waals surface area contributed by atoms with Crippen LogP contribution in [0.4, 0.5) is 0 Å². The van der Waals surface area contributed by atoms with Gasteiger partial charge < -0.3 is 5.32 Å². The van der Waals surface area contributed by atoms with E-state index in [4.69, 9.17) is 11.6 Å². The molecule has 0 radical (unpaired) electrons. The molecule has 0 bridgehead atoms. The topological polar surface area (TPSA) is 72.2 Å². The molecule has 2 rings (SSSR count). The van der Waals surface area contributed by atoms with Crippen LogP contribution >= 0.6 is 11.6 Å². The van der Waals surface area contributed by atoms with Gasteiger partial charge in [0, 0.05) is 11.2 Å². The van der Waals surface area contributed by atoms with Crippen LogP contribution < -0.4 is 5.32 Å². The number of fused-ring (bicyclic) bond motifs is 1. The number of halogens is 1. The number of hydrogen-bond donors (Lipinski definition) is 1. The van der Waals surface area contributed by atoms with Gasteiger partial charge in [-0.15, -0.1) is 0 Å². The lowest BCUT2D eigenvalue weighted by atomic mass is 10.2. The molecule has 0 aliphatic heterocycles. The Labute approximate surface area is 102 Å². The molecule has 2 aromatic rings. The van der Waals surface area contributed by atoms with Crippen LogP contribution in [0.1, 0.15) is 16.1 Å². The third-order valence-electron chi connectivity index (χ3n) is 2.23. The number of aromatic nitrogens is 4. The Balaban J connectivity index is 2.31. The number of aryl methyl sites for hydroxylation is 1. The van der Waals surface area contributed by atoms with Crippen LogP contribution in [0.15, 0.2) is 24.1 Å². The Morgan fingerprint density at radius 1 is 1.59 bits per heavy atom. The summed E-state index contributed by atoms with van der Waals surface area (Å²) in [5.74, 6) is 0.190. The van der Waals surface area contributed by atoms with Gasteiger partial charge in [0.05, 0.1) is 17.8 Å². The summed E-state index contributed by atoms with van der Waals surface area (Å²) in [6, 6.07) is 0. The molecule has 17 heavy (non-hydrogen) atoms. The minimum absolute atomic E-state index is 0.217. The van der Waals surface area contributed by atoms with E-state index in [0.29, 0.717) is 22.1 Å². The highest BCUT2D eigenvalue weighted by molar-refractivity contribution is 6.29. The smallest absolute Gasteiger partial charge is 0.254 e. The van der Waals surface area contributed by atoms with E-state index >= 15 is 0 Å². The summed E-state index contributed by atoms with van der Waals surface area (Å²) in [7, 11) is 0. The molecule has 0 spiro atoms. The summed E-state index contributed by atoms with van der Waals surface area (Å²) in [5.41, 5.74) is 1.10. The maximum atomic E-state index is 11.8. The van der Waals surface area contributed by atoms with Crippen LogP contribution in [0, 0.1) is 6.92 Å². The molecule has 2 aromatic heterocycles. The molecular weight excluding hydrogens is 242 g/mol. The van der Waals surface area contributed by atoms with Gasteiger partial charge in [-0.1, -0.05) is 18.2 Å². The van der Waals surface area contributed by atoms with Gasteiger partial charge in [0.1, 0.15) is 6.33 Å². The van der Waals surface area contributed by atoms with Crippen molar-refractivity contribution in [2.75, 3.05) is 6.54 Å². The van der Waals surface area contributed by atoms with Crippen LogP contribution in [0.5, 0.6) is 0 Å². The molecule has 7 heteroatoms. The highest BCUT2D eigenvalue weighted by Crippen LogP contribution is 2.07. The maximum absolute atomic E-state index is 11.8. The van der Waals surface area contributed by atoms with Crippen molar-refractivity contribution in [2.45, 2.75) is 6.92 Å². The van der Waals surface area contributed by atoms with E-state index in [0.717, 1.165) is 0 Å². The van der Waals surface area contributed by atoms with E-state index in [2.05, 4.69) is 27.0 Å². The van der Waals surface area contributed by atoms with Gasteiger partial charge in [0.2, 0.25) is 0 Å². The van der Waals surface area contributed by atoms with Crippen molar-refractivity contribution in [3.05, 3.63) is 35.4 Å². The Morgan fingerprint density at radius 2 is 2.35 bits per heavy atom. The quantitative estimate of drug-likeness (QED) is 0.880. The maximum Gasteiger partial charge on any atom is 0.254 e. The largest absolute Gasteiger partial charge is 0.347 e. The van der Waals surface area contributed by atoms with Crippen LogP contribution in [-0.4, -0.2) is 32.0 Å². The summed E-state index contributed by atoms with van der Waals surface area (Å²) < 4.78 is 1.50. The Bertz CT molecular complexity index is 591. The zero-order valence-corrected chi connectivity index (χ0v) is 9.90. The summed E-state index contributed by atoms with van der Waals surface area (Å²) in [5, 5.41) is 6.97. The van der Waals surface area contributed by atoms with Gasteiger partial charge in [0.25, 0.3) is 11.7 Å². The van der Waals surface area contributed by atoms with E-state index in [1.54, 1.807) is 6.92 Å². The van der Waals surface area contributed by atoms with Crippen molar-refractivity contribution >= 4 is 23.3 Å². The molecular formula is C10H10ClN5O. The number of carbonyl (C=O) groups excluding carboxylic acids is 1. The van der Waals surface area contributed by atoms with E-state index in [9.17, 15) is 4.79 Å². The van der Waals surface area contributed by atoms with Crippen LogP contribution in [0.2, 0.25) is 0 Å². The SMILES string of the molecule is C=C(Cl)CNC(=O)c1cnc2ncnn2c1C. The molecule has 0 fully saturated rings. The van der Waals surface area contributed by atoms with Gasteiger partial charge in [-0.2, -0.15) is 10.1 Å². The monoisotopic (exact) mass is 251 g/mol. The second-order valence-corrected chi connectivity index (χ2v) is 3.96. The van der Waals surface area contributed by atoms with Crippen LogP contribution in [0.3, 0.4) is 0 Å². The minimum atomic E-state index is -0.269. The summed E-state index contributed by atoms with van der Waals surface area (Å²) >= 11 is 5.57. The molecule has 88 valence electrons. The molecule has 0 aromatic carbocycles. The summed E-state index contributed by atoms with van der Waals surface area (Å²) in [4.78, 5) is 19.8. The van der Waals surface area contributed by atoms with Crippen molar-refractivity contribution < 1.29 is 4.79 Å². The molecule has 0 aliphatic carbocycles. The fraction of sp³-hybridized carbons (Fsp3) is 0.200. The average Bonchev–Trinajstić information content (AvgIpc) is 2.75. The van der Waals surface area contributed by atoms with Gasteiger partial charge in [-0.25, -0.2) is 9.50 Å². The fourth-order valence-corrected chi connectivity index (χ4v) is 1.45. The van der Waals surface area contributed by atoms with Crippen molar-refractivity contribution in [3.8, 4) is 0 Å². The first-order valence-electron chi connectivity index (χ1n) is 4.86. The molecule has 1 N–H and O–H groups in total. The third-order valence-corrected chi connectivity index (χ3v) is 2.37. The average molecular weight is 252 g/mol. The van der Waals surface area contributed by atoms with E-state index < -0.39 is 0 Å². The lowest BCUT2D eigenvalue weighted by Gasteiger charge is -2.07. The number of rotatable bonds is 3. The second kappa shape index (κ2) is 4.50. The van der Waals surface area contributed by atoms with Crippen molar-refractivity contribution in [3.63, 3.8) is 0 Å². The molecule has 0 unspecified atom stereocenters. The Morgan fingerprint density at radius 3 is 3.06 bits per heavy atom. The van der Waals surface area contributed by atoms with Crippen LogP contribution in [0.25, 0.3) is 5.78 Å². The first kappa shape index (κ1) is 11.5. The first-order chi connectivity index (χ1) is 8.09. The van der Waals surface area contributed by atoms with E-state index in [-0.39, 0.29) is 12.5 Å². The molecule has 1 amide bonds. The predicted molar refractivity (Wildman–Crippen MR) is 62.8 cm³/mol. The van der Waals surface area contributed by atoms with Gasteiger partial charge >= 0.3 is 0 Å². The minimum Gasteiger partial charge on any atom is -0.347 e. The second-order valence-electron chi connectivity index (χ2n) is 3.43. The van der Waals surface area contributed by atoms with Gasteiger partial charge in [0.15, 0.2) is 0 Å². The fourth-order valence-electron chi connectivity index (χ4n) is 1.38. The van der Waals surface area contributed by atoms with Gasteiger partial charge in [-0.05, 0) is 6.92 Å². The number of amides is 1. The van der Waals surface area contributed by atoms with E-state index in [1.165, 1.54) is 17.0 Å². The predicted octanol–water partition coefficient (Wildman–Crippen LogP) is 0.915. The normalized spacial score (nSPS) is 10.5. The molecule has 0 saturated carbocycles. The summed E-state index contributed by atoms with van der Waals surface area (Å²) in [6.07, 6.45) is 2.85. The molecule has 6 nitrogen and oxygen atoms in total. The molecule has 0 atom stereocenters. The van der Waals surface area contributed by atoms with E-state index in [1.807, 2.05) is 0 Å². The standard InChI is InChI=1S/C10H10ClN5O/c1-6(11)3-12-9(17)8-4-13-10-14-5-15-16(10)7(8)2/h4-5H,1,3H2,2H3,(H,12,17). The molecule has 0 aliphatic rings. The summed E-state index contributed by atoms with van der Waals surface area (Å²) in [6.45, 7) is 5.48. The number of carbonyl (C=O) groups is 1. The lowest BCUT2D eigenvalue weighted by molar-refractivity contribution is 0.0956. The molecule has 0 saturated heterocycles. The Kier molecular flexibility index (Phi) is 3.06. The highest BCUT2D eigenvalue weighted by atomic mass is 35.5. The number of nitrogens with one attached hydrogen (secondary N) is 1. The number of hydrogen-bond acceptors (Lipinski definition) is 4.